The molecule has 0 bridgehead atoms. The van der Waals surface area contributed by atoms with Gasteiger partial charge in [0.05, 0.1) is 7.05 Å². The molecule has 0 aliphatic heterocycles. The second-order valence-electron chi connectivity index (χ2n) is 6.37. The van der Waals surface area contributed by atoms with Crippen LogP contribution in [0.4, 0.5) is 0 Å². The van der Waals surface area contributed by atoms with E-state index < -0.39 is 0 Å². The number of aryl methyl sites for hydroxylation is 2. The van der Waals surface area contributed by atoms with Crippen molar-refractivity contribution in [3.63, 3.8) is 0 Å². The van der Waals surface area contributed by atoms with Crippen LogP contribution < -0.4 is 4.90 Å². The van der Waals surface area contributed by atoms with Crippen molar-refractivity contribution in [1.29, 1.82) is 0 Å². The fourth-order valence-corrected chi connectivity index (χ4v) is 2.97. The molecule has 1 heterocycles. The van der Waals surface area contributed by atoms with Gasteiger partial charge in [-0.3, -0.25) is 5.10 Å². The van der Waals surface area contributed by atoms with Gasteiger partial charge in [-0.1, -0.05) is 54.1 Å². The Hall–Kier alpha value is -2.24. The third kappa shape index (κ3) is 3.80. The summed E-state index contributed by atoms with van der Waals surface area (Å²) in [6.45, 7) is 5.94. The molecule has 2 N–H and O–H groups in total. The summed E-state index contributed by atoms with van der Waals surface area (Å²) < 4.78 is 2.53. The highest BCUT2D eigenvalue weighted by molar-refractivity contribution is 7.71. The molecule has 0 spiro atoms. The first-order chi connectivity index (χ1) is 11.5. The molecule has 0 fully saturated rings. The lowest BCUT2D eigenvalue weighted by Crippen LogP contribution is -3.07. The van der Waals surface area contributed by atoms with Crippen LogP contribution in [0, 0.1) is 18.6 Å². The van der Waals surface area contributed by atoms with Crippen LogP contribution in [0.5, 0.6) is 0 Å². The maximum absolute atomic E-state index is 5.41. The summed E-state index contributed by atoms with van der Waals surface area (Å²) >= 11 is 5.41. The molecule has 5 heteroatoms. The van der Waals surface area contributed by atoms with Crippen molar-refractivity contribution in [1.82, 2.24) is 14.8 Å². The number of hydrogen-bond donors (Lipinski definition) is 2. The van der Waals surface area contributed by atoms with Crippen LogP contribution in [0.25, 0.3) is 11.4 Å². The van der Waals surface area contributed by atoms with Crippen molar-refractivity contribution in [3.8, 4) is 11.4 Å². The maximum atomic E-state index is 5.41. The Kier molecular flexibility index (Phi) is 4.92. The van der Waals surface area contributed by atoms with Gasteiger partial charge in [0.2, 0.25) is 4.77 Å². The average molecular weight is 339 g/mol. The third-order valence-electron chi connectivity index (χ3n) is 4.19. The summed E-state index contributed by atoms with van der Waals surface area (Å²) in [6, 6.07) is 16.8. The number of nitrogens with one attached hydrogen (secondary N) is 2. The first-order valence-corrected chi connectivity index (χ1v) is 8.53. The molecular weight excluding hydrogens is 316 g/mol. The predicted octanol–water partition coefficient (Wildman–Crippen LogP) is 2.90. The Morgan fingerprint density at radius 3 is 2.50 bits per heavy atom. The number of nitrogens with zero attached hydrogens (tertiary/aromatic N) is 2. The average Bonchev–Trinajstić information content (AvgIpc) is 2.91. The topological polar surface area (TPSA) is 38.0 Å². The fourth-order valence-electron chi connectivity index (χ4n) is 2.76. The molecule has 24 heavy (non-hydrogen) atoms. The van der Waals surface area contributed by atoms with Gasteiger partial charge in [-0.15, -0.1) is 0 Å². The van der Waals surface area contributed by atoms with Crippen LogP contribution in [0.2, 0.25) is 0 Å². The van der Waals surface area contributed by atoms with Crippen molar-refractivity contribution in [2.24, 2.45) is 0 Å². The summed E-state index contributed by atoms with van der Waals surface area (Å²) in [5.41, 5.74) is 4.98. The van der Waals surface area contributed by atoms with E-state index in [1.807, 2.05) is 4.68 Å². The van der Waals surface area contributed by atoms with Crippen LogP contribution in [0.15, 0.2) is 48.5 Å². The van der Waals surface area contributed by atoms with Gasteiger partial charge in [-0.25, -0.2) is 4.68 Å². The van der Waals surface area contributed by atoms with Gasteiger partial charge in [0.15, 0.2) is 12.5 Å². The molecule has 124 valence electrons. The lowest BCUT2D eigenvalue weighted by Gasteiger charge is -2.15. The molecule has 1 aromatic heterocycles. The smallest absolute Gasteiger partial charge is 0.221 e. The quantitative estimate of drug-likeness (QED) is 0.702. The van der Waals surface area contributed by atoms with E-state index >= 15 is 0 Å². The summed E-state index contributed by atoms with van der Waals surface area (Å²) in [7, 11) is 2.17. The Morgan fingerprint density at radius 1 is 1.08 bits per heavy atom. The minimum Gasteiger partial charge on any atom is -0.315 e. The highest BCUT2D eigenvalue weighted by atomic mass is 32.1. The van der Waals surface area contributed by atoms with Gasteiger partial charge in [0, 0.05) is 11.1 Å². The number of aromatic nitrogens is 3. The molecule has 4 nitrogen and oxygen atoms in total. The molecule has 1 atom stereocenters. The van der Waals surface area contributed by atoms with E-state index in [0.29, 0.717) is 4.77 Å². The summed E-state index contributed by atoms with van der Waals surface area (Å²) in [5, 5.41) is 3.33. The largest absolute Gasteiger partial charge is 0.315 e. The van der Waals surface area contributed by atoms with Gasteiger partial charge in [0.25, 0.3) is 0 Å². The summed E-state index contributed by atoms with van der Waals surface area (Å²) in [5.74, 6) is 0.823. The van der Waals surface area contributed by atoms with Crippen molar-refractivity contribution in [3.05, 3.63) is 70.0 Å². The Balaban J connectivity index is 1.75. The summed E-state index contributed by atoms with van der Waals surface area (Å²) in [4.78, 5) is 5.84. The van der Waals surface area contributed by atoms with Crippen molar-refractivity contribution in [2.75, 3.05) is 7.05 Å². The van der Waals surface area contributed by atoms with Crippen LogP contribution in [-0.4, -0.2) is 21.8 Å². The van der Waals surface area contributed by atoms with Gasteiger partial charge in [-0.2, -0.15) is 4.98 Å². The standard InChI is InChI=1S/C19H22N4S/c1-14-8-10-16(11-9-14)18-20-19(24)23(21-18)13-22(3)12-17-7-5-4-6-15(17)2/h4-11H,12-13H2,1-3H3,(H,20,21,24)/p+1. The molecule has 1 unspecified atom stereocenters. The van der Waals surface area contributed by atoms with Crippen LogP contribution in [0.1, 0.15) is 16.7 Å². The van der Waals surface area contributed by atoms with Gasteiger partial charge in [0.1, 0.15) is 6.54 Å². The first-order valence-electron chi connectivity index (χ1n) is 8.12. The zero-order chi connectivity index (χ0) is 17.1. The molecule has 0 aliphatic carbocycles. The van der Waals surface area contributed by atoms with Gasteiger partial charge in [-0.05, 0) is 31.6 Å². The molecule has 0 saturated carbocycles. The molecule has 0 amide bonds. The summed E-state index contributed by atoms with van der Waals surface area (Å²) in [6.07, 6.45) is 0. The third-order valence-corrected chi connectivity index (χ3v) is 4.50. The predicted molar refractivity (Wildman–Crippen MR) is 99.4 cm³/mol. The lowest BCUT2D eigenvalue weighted by molar-refractivity contribution is -0.917. The van der Waals surface area contributed by atoms with E-state index in [2.05, 4.69) is 79.5 Å². The Morgan fingerprint density at radius 2 is 1.79 bits per heavy atom. The second-order valence-corrected chi connectivity index (χ2v) is 6.73. The van der Waals surface area contributed by atoms with Crippen LogP contribution >= 0.6 is 12.2 Å². The number of rotatable bonds is 5. The SMILES string of the molecule is Cc1ccc(-c2nc(=S)n(C[NH+](C)Cc3ccccc3C)[nH]2)cc1. The molecule has 0 aliphatic rings. The molecule has 0 saturated heterocycles. The van der Waals surface area contributed by atoms with Crippen molar-refractivity contribution < 1.29 is 4.90 Å². The molecule has 2 aromatic carbocycles. The van der Waals surface area contributed by atoms with Gasteiger partial charge < -0.3 is 4.90 Å². The van der Waals surface area contributed by atoms with E-state index in [0.717, 1.165) is 24.6 Å². The second kappa shape index (κ2) is 7.11. The Labute approximate surface area is 147 Å². The maximum Gasteiger partial charge on any atom is 0.221 e. The monoisotopic (exact) mass is 339 g/mol. The molecule has 0 radical (unpaired) electrons. The minimum atomic E-state index is 0.592. The zero-order valence-electron chi connectivity index (χ0n) is 14.3. The van der Waals surface area contributed by atoms with E-state index in [9.17, 15) is 0 Å². The van der Waals surface area contributed by atoms with E-state index in [4.69, 9.17) is 12.2 Å². The lowest BCUT2D eigenvalue weighted by atomic mass is 10.1. The normalized spacial score (nSPS) is 12.3. The molecule has 3 rings (SSSR count). The highest BCUT2D eigenvalue weighted by Crippen LogP contribution is 2.15. The van der Waals surface area contributed by atoms with E-state index in [1.54, 1.807) is 0 Å². The van der Waals surface area contributed by atoms with Crippen molar-refractivity contribution >= 4 is 12.2 Å². The van der Waals surface area contributed by atoms with E-state index in [1.165, 1.54) is 21.6 Å². The molecule has 3 aromatic rings. The van der Waals surface area contributed by atoms with Crippen LogP contribution in [-0.2, 0) is 13.2 Å². The Bertz CT molecular complexity index is 877. The van der Waals surface area contributed by atoms with Crippen molar-refractivity contribution in [2.45, 2.75) is 27.1 Å². The van der Waals surface area contributed by atoms with Crippen LogP contribution in [0.3, 0.4) is 0 Å². The zero-order valence-corrected chi connectivity index (χ0v) is 15.2. The van der Waals surface area contributed by atoms with E-state index in [-0.39, 0.29) is 0 Å². The number of hydrogen-bond acceptors (Lipinski definition) is 2. The number of aromatic amines is 1. The highest BCUT2D eigenvalue weighted by Gasteiger charge is 2.10. The number of benzene rings is 2. The minimum absolute atomic E-state index is 0.592. The van der Waals surface area contributed by atoms with Gasteiger partial charge >= 0.3 is 0 Å². The first kappa shape index (κ1) is 16.6. The number of H-pyrrole nitrogens is 1. The fraction of sp³-hybridized carbons (Fsp3) is 0.263. The molecular formula is C19H23N4S+. The number of quaternary nitrogens is 1.